The van der Waals surface area contributed by atoms with Crippen molar-refractivity contribution in [3.63, 3.8) is 0 Å². The summed E-state index contributed by atoms with van der Waals surface area (Å²) in [5.74, 6) is 0.671. The number of nitrogens with zero attached hydrogens (tertiary/aromatic N) is 2. The maximum atomic E-state index is 12.7. The van der Waals surface area contributed by atoms with Crippen LogP contribution in [0.4, 0.5) is 4.79 Å². The minimum Gasteiger partial charge on any atom is -0.492 e. The van der Waals surface area contributed by atoms with E-state index in [9.17, 15) is 9.59 Å². The molecule has 0 spiro atoms. The molecule has 1 saturated heterocycles. The van der Waals surface area contributed by atoms with Crippen LogP contribution in [0.1, 0.15) is 12.5 Å². The van der Waals surface area contributed by atoms with Gasteiger partial charge in [0.1, 0.15) is 12.4 Å². The molecule has 2 heterocycles. The molecule has 6 nitrogen and oxygen atoms in total. The summed E-state index contributed by atoms with van der Waals surface area (Å²) in [6, 6.07) is 5.49. The third-order valence-corrected chi connectivity index (χ3v) is 4.63. The van der Waals surface area contributed by atoms with E-state index in [1.165, 1.54) is 0 Å². The zero-order valence-electron chi connectivity index (χ0n) is 13.7. The van der Waals surface area contributed by atoms with Crippen LogP contribution >= 0.6 is 11.6 Å². The van der Waals surface area contributed by atoms with Gasteiger partial charge < -0.3 is 19.3 Å². The molecule has 0 saturated carbocycles. The first-order chi connectivity index (χ1) is 11.6. The summed E-state index contributed by atoms with van der Waals surface area (Å²) in [5, 5.41) is 0.647. The van der Waals surface area contributed by atoms with Crippen LogP contribution in [0.2, 0.25) is 5.02 Å². The van der Waals surface area contributed by atoms with Gasteiger partial charge in [-0.05, 0) is 37.1 Å². The van der Waals surface area contributed by atoms with Crippen molar-refractivity contribution in [3.05, 3.63) is 28.8 Å². The largest absolute Gasteiger partial charge is 0.492 e. The average molecular weight is 353 g/mol. The van der Waals surface area contributed by atoms with E-state index >= 15 is 0 Å². The molecule has 2 aliphatic heterocycles. The molecule has 2 amide bonds. The maximum Gasteiger partial charge on any atom is 0.409 e. The van der Waals surface area contributed by atoms with Gasteiger partial charge in [0, 0.05) is 31.2 Å². The van der Waals surface area contributed by atoms with Crippen LogP contribution < -0.4 is 4.74 Å². The molecule has 1 atom stereocenters. The quantitative estimate of drug-likeness (QED) is 0.818. The van der Waals surface area contributed by atoms with Crippen molar-refractivity contribution in [3.8, 4) is 5.75 Å². The fraction of sp³-hybridized carbons (Fsp3) is 0.529. The predicted octanol–water partition coefficient (Wildman–Crippen LogP) is 2.19. The summed E-state index contributed by atoms with van der Waals surface area (Å²) < 4.78 is 10.7. The number of halogens is 1. The first-order valence-corrected chi connectivity index (χ1v) is 8.58. The van der Waals surface area contributed by atoms with Crippen molar-refractivity contribution in [2.45, 2.75) is 13.3 Å². The number of fused-ring (bicyclic) bond motifs is 1. The average Bonchev–Trinajstić information content (AvgIpc) is 2.60. The molecule has 7 heteroatoms. The molecule has 1 aromatic rings. The van der Waals surface area contributed by atoms with Crippen LogP contribution in [-0.4, -0.2) is 61.2 Å². The molecule has 0 aromatic heterocycles. The molecule has 0 radical (unpaired) electrons. The zero-order valence-corrected chi connectivity index (χ0v) is 14.4. The van der Waals surface area contributed by atoms with Crippen LogP contribution in [0, 0.1) is 5.92 Å². The normalized spacial score (nSPS) is 20.2. The maximum absolute atomic E-state index is 12.7. The van der Waals surface area contributed by atoms with E-state index in [1.807, 2.05) is 12.1 Å². The molecule has 24 heavy (non-hydrogen) atoms. The van der Waals surface area contributed by atoms with Gasteiger partial charge in [-0.3, -0.25) is 4.79 Å². The van der Waals surface area contributed by atoms with Gasteiger partial charge >= 0.3 is 6.09 Å². The van der Waals surface area contributed by atoms with Crippen molar-refractivity contribution in [1.82, 2.24) is 9.80 Å². The fourth-order valence-corrected chi connectivity index (χ4v) is 3.30. The Bertz CT molecular complexity index is 629. The molecule has 2 aliphatic rings. The highest BCUT2D eigenvalue weighted by molar-refractivity contribution is 6.30. The summed E-state index contributed by atoms with van der Waals surface area (Å²) in [4.78, 5) is 27.9. The van der Waals surface area contributed by atoms with Crippen LogP contribution in [-0.2, 0) is 16.0 Å². The lowest BCUT2D eigenvalue weighted by Gasteiger charge is -2.36. The Morgan fingerprint density at radius 2 is 1.96 bits per heavy atom. The molecule has 130 valence electrons. The second-order valence-electron chi connectivity index (χ2n) is 5.98. The number of ether oxygens (including phenoxy) is 2. The standard InChI is InChI=1S/C17H21ClN2O4/c1-2-23-17(22)20-7-5-19(6-8-20)16(21)13-9-12-10-14(18)3-4-15(12)24-11-13/h3-4,10,13H,2,5-9,11H2,1H3/t13-/m0/s1. The third kappa shape index (κ3) is 3.59. The molecular formula is C17H21ClN2O4. The van der Waals surface area contributed by atoms with Crippen LogP contribution in [0.25, 0.3) is 0 Å². The molecule has 1 fully saturated rings. The number of piperazine rings is 1. The van der Waals surface area contributed by atoms with E-state index in [4.69, 9.17) is 21.1 Å². The van der Waals surface area contributed by atoms with Crippen molar-refractivity contribution in [1.29, 1.82) is 0 Å². The van der Waals surface area contributed by atoms with E-state index in [-0.39, 0.29) is 17.9 Å². The van der Waals surface area contributed by atoms with Gasteiger partial charge in [0.05, 0.1) is 12.5 Å². The summed E-state index contributed by atoms with van der Waals surface area (Å²) in [6.07, 6.45) is 0.321. The Hall–Kier alpha value is -1.95. The van der Waals surface area contributed by atoms with E-state index < -0.39 is 0 Å². The smallest absolute Gasteiger partial charge is 0.409 e. The molecule has 1 aromatic carbocycles. The lowest BCUT2D eigenvalue weighted by molar-refractivity contribution is -0.138. The lowest BCUT2D eigenvalue weighted by atomic mass is 9.95. The molecule has 3 rings (SSSR count). The molecule has 0 aliphatic carbocycles. The van der Waals surface area contributed by atoms with Gasteiger partial charge in [-0.1, -0.05) is 11.6 Å². The molecule has 0 N–H and O–H groups in total. The van der Waals surface area contributed by atoms with Crippen molar-refractivity contribution in [2.75, 3.05) is 39.4 Å². The zero-order chi connectivity index (χ0) is 17.1. The summed E-state index contributed by atoms with van der Waals surface area (Å²) in [6.45, 7) is 4.57. The van der Waals surface area contributed by atoms with Gasteiger partial charge in [-0.15, -0.1) is 0 Å². The van der Waals surface area contributed by atoms with Gasteiger partial charge in [0.2, 0.25) is 5.91 Å². The minimum absolute atomic E-state index is 0.0733. The minimum atomic E-state index is -0.311. The fourth-order valence-electron chi connectivity index (χ4n) is 3.10. The van der Waals surface area contributed by atoms with E-state index in [1.54, 1.807) is 22.8 Å². The van der Waals surface area contributed by atoms with Gasteiger partial charge in [-0.25, -0.2) is 4.79 Å². The highest BCUT2D eigenvalue weighted by atomic mass is 35.5. The Morgan fingerprint density at radius 1 is 1.25 bits per heavy atom. The van der Waals surface area contributed by atoms with E-state index in [0.29, 0.717) is 50.8 Å². The summed E-state index contributed by atoms with van der Waals surface area (Å²) in [5.41, 5.74) is 0.970. The second kappa shape index (κ2) is 7.30. The number of benzene rings is 1. The monoisotopic (exact) mass is 352 g/mol. The van der Waals surface area contributed by atoms with Crippen molar-refractivity contribution >= 4 is 23.6 Å². The third-order valence-electron chi connectivity index (χ3n) is 4.40. The van der Waals surface area contributed by atoms with Crippen LogP contribution in [0.3, 0.4) is 0 Å². The first-order valence-electron chi connectivity index (χ1n) is 8.20. The Kier molecular flexibility index (Phi) is 5.14. The second-order valence-corrected chi connectivity index (χ2v) is 6.41. The van der Waals surface area contributed by atoms with E-state index in [2.05, 4.69) is 0 Å². The van der Waals surface area contributed by atoms with Gasteiger partial charge in [0.15, 0.2) is 0 Å². The molecule has 0 unspecified atom stereocenters. The molecular weight excluding hydrogens is 332 g/mol. The van der Waals surface area contributed by atoms with Crippen molar-refractivity contribution < 1.29 is 19.1 Å². The number of carbonyl (C=O) groups excluding carboxylic acids is 2. The van der Waals surface area contributed by atoms with E-state index in [0.717, 1.165) is 11.3 Å². The van der Waals surface area contributed by atoms with Crippen LogP contribution in [0.5, 0.6) is 5.75 Å². The Morgan fingerprint density at radius 3 is 2.67 bits per heavy atom. The number of hydrogen-bond donors (Lipinski definition) is 0. The summed E-state index contributed by atoms with van der Waals surface area (Å²) >= 11 is 6.02. The number of carbonyl (C=O) groups is 2. The number of amides is 2. The Balaban J connectivity index is 1.57. The highest BCUT2D eigenvalue weighted by Gasteiger charge is 2.32. The Labute approximate surface area is 146 Å². The highest BCUT2D eigenvalue weighted by Crippen LogP contribution is 2.30. The van der Waals surface area contributed by atoms with Crippen LogP contribution in [0.15, 0.2) is 18.2 Å². The van der Waals surface area contributed by atoms with Gasteiger partial charge in [0.25, 0.3) is 0 Å². The SMILES string of the molecule is CCOC(=O)N1CCN(C(=O)[C@@H]2COc3ccc(Cl)cc3C2)CC1. The van der Waals surface area contributed by atoms with Crippen molar-refractivity contribution in [2.24, 2.45) is 5.92 Å². The number of rotatable bonds is 2. The number of hydrogen-bond acceptors (Lipinski definition) is 4. The topological polar surface area (TPSA) is 59.1 Å². The summed E-state index contributed by atoms with van der Waals surface area (Å²) in [7, 11) is 0. The first kappa shape index (κ1) is 16.9. The van der Waals surface area contributed by atoms with Gasteiger partial charge in [-0.2, -0.15) is 0 Å². The molecule has 0 bridgehead atoms. The predicted molar refractivity (Wildman–Crippen MR) is 89.3 cm³/mol. The lowest BCUT2D eigenvalue weighted by Crippen LogP contribution is -2.53.